The molecule has 0 aliphatic heterocycles. The van der Waals surface area contributed by atoms with Gasteiger partial charge in [-0.25, -0.2) is 34.2 Å². The number of alkyl halides is 3. The van der Waals surface area contributed by atoms with Crippen molar-refractivity contribution in [3.05, 3.63) is 36.8 Å². The molecule has 0 radical (unpaired) electrons. The van der Waals surface area contributed by atoms with Crippen LogP contribution in [0.25, 0.3) is 28.7 Å². The lowest BCUT2D eigenvalue weighted by Gasteiger charge is -2.08. The highest BCUT2D eigenvalue weighted by molar-refractivity contribution is 5.76. The zero-order valence-electron chi connectivity index (χ0n) is 21.5. The minimum absolute atomic E-state index is 0.0254. The Labute approximate surface area is 236 Å². The van der Waals surface area contributed by atoms with Crippen molar-refractivity contribution in [1.82, 2.24) is 38.7 Å². The van der Waals surface area contributed by atoms with Gasteiger partial charge in [0.15, 0.2) is 19.3 Å². The number of fused-ring (bicyclic) bond motifs is 1. The van der Waals surface area contributed by atoms with Gasteiger partial charge >= 0.3 is 30.4 Å². The molecule has 43 heavy (non-hydrogen) atoms. The number of aliphatic carboxylic acids is 2. The Hall–Kier alpha value is -5.76. The predicted octanol–water partition coefficient (Wildman–Crippen LogP) is 2.04. The largest absolute Gasteiger partial charge is 0.510 e. The molecule has 0 aliphatic rings. The fourth-order valence-electron chi connectivity index (χ4n) is 3.34. The zero-order chi connectivity index (χ0) is 31.1. The summed E-state index contributed by atoms with van der Waals surface area (Å²) in [6.07, 6.45) is -3.02. The van der Waals surface area contributed by atoms with Crippen LogP contribution in [-0.4, -0.2) is 86.4 Å². The number of carbonyl (C=O) groups is 4. The van der Waals surface area contributed by atoms with Gasteiger partial charge in [0.2, 0.25) is 5.78 Å². The average molecular weight is 612 g/mol. The van der Waals surface area contributed by atoms with Gasteiger partial charge in [0.25, 0.3) is 5.82 Å². The summed E-state index contributed by atoms with van der Waals surface area (Å²) in [6, 6.07) is 1.51. The third-order valence-electron chi connectivity index (χ3n) is 5.12. The highest BCUT2D eigenvalue weighted by Crippen LogP contribution is 2.33. The Morgan fingerprint density at radius 1 is 0.884 bits per heavy atom. The van der Waals surface area contributed by atoms with Gasteiger partial charge in [-0.05, 0) is 6.07 Å². The number of imidazole rings is 2. The van der Waals surface area contributed by atoms with Crippen LogP contribution in [0, 0.1) is 0 Å². The summed E-state index contributed by atoms with van der Waals surface area (Å²) in [7, 11) is 0. The smallest absolute Gasteiger partial charge is 0.481 e. The van der Waals surface area contributed by atoms with E-state index >= 15 is 0 Å². The van der Waals surface area contributed by atoms with Crippen LogP contribution < -0.4 is 0 Å². The highest BCUT2D eigenvalue weighted by Gasteiger charge is 2.38. The second-order valence-electron chi connectivity index (χ2n) is 8.16. The van der Waals surface area contributed by atoms with Crippen LogP contribution >= 0.6 is 0 Å². The molecule has 21 heteroatoms. The molecule has 4 aromatic heterocycles. The summed E-state index contributed by atoms with van der Waals surface area (Å²) < 4.78 is 62.9. The molecular formula is C22H19F3N8O10. The predicted molar refractivity (Wildman–Crippen MR) is 128 cm³/mol. The van der Waals surface area contributed by atoms with E-state index in [4.69, 9.17) is 19.7 Å². The van der Waals surface area contributed by atoms with Crippen LogP contribution in [0.4, 0.5) is 22.8 Å². The fraction of sp³-hybridized carbons (Fsp3) is 0.318. The number of aromatic nitrogens is 8. The average Bonchev–Trinajstić information content (AvgIpc) is 3.66. The SMILES string of the molecule is O=C(O)CCOC(=O)OCn1cnc(-c2c(-c3nc(C(F)(F)F)nn3COC(=O)OCCC(=O)O)nc3ncccn23)c1. The number of ether oxygens (including phenoxy) is 4. The minimum Gasteiger partial charge on any atom is -0.481 e. The fourth-order valence-corrected chi connectivity index (χ4v) is 3.34. The Balaban J connectivity index is 1.63. The summed E-state index contributed by atoms with van der Waals surface area (Å²) >= 11 is 0. The number of carbonyl (C=O) groups excluding carboxylic acids is 2. The molecule has 4 rings (SSSR count). The van der Waals surface area contributed by atoms with E-state index < -0.39 is 81.6 Å². The summed E-state index contributed by atoms with van der Waals surface area (Å²) in [4.78, 5) is 60.7. The summed E-state index contributed by atoms with van der Waals surface area (Å²) in [5, 5.41) is 20.6. The lowest BCUT2D eigenvalue weighted by Crippen LogP contribution is -2.15. The second kappa shape index (κ2) is 12.8. The lowest BCUT2D eigenvalue weighted by atomic mass is 10.2. The van der Waals surface area contributed by atoms with Crippen molar-refractivity contribution in [3.8, 4) is 22.9 Å². The zero-order valence-corrected chi connectivity index (χ0v) is 21.5. The van der Waals surface area contributed by atoms with Crippen molar-refractivity contribution in [2.24, 2.45) is 0 Å². The molecule has 4 aromatic rings. The molecule has 0 atom stereocenters. The van der Waals surface area contributed by atoms with Gasteiger partial charge in [-0.3, -0.25) is 14.0 Å². The first-order valence-electron chi connectivity index (χ1n) is 11.8. The molecule has 2 N–H and O–H groups in total. The number of rotatable bonds is 12. The summed E-state index contributed by atoms with van der Waals surface area (Å²) in [5.74, 6) is -4.48. The van der Waals surface area contributed by atoms with E-state index in [0.29, 0.717) is 4.68 Å². The van der Waals surface area contributed by atoms with E-state index in [2.05, 4.69) is 34.5 Å². The molecule has 18 nitrogen and oxygen atoms in total. The monoisotopic (exact) mass is 612 g/mol. The first-order valence-corrected chi connectivity index (χ1v) is 11.8. The first kappa shape index (κ1) is 30.2. The summed E-state index contributed by atoms with van der Waals surface area (Å²) in [6.45, 7) is -2.29. The normalized spacial score (nSPS) is 11.3. The van der Waals surface area contributed by atoms with Gasteiger partial charge in [0.1, 0.15) is 30.3 Å². The third-order valence-corrected chi connectivity index (χ3v) is 5.12. The van der Waals surface area contributed by atoms with E-state index in [1.54, 1.807) is 0 Å². The standard InChI is InChI=1S/C22H19F3N8O10/c23-22(24,25)18-29-17(33(30-18)11-43-21(39)41-7-3-14(36)37)15-16(32-5-1-4-26-19(32)28-15)12-8-31(9-27-12)10-42-20(38)40-6-2-13(34)35/h1,4-5,8-9H,2-3,6-7,10-11H2,(H,34,35)(H,36,37). The van der Waals surface area contributed by atoms with Crippen LogP contribution in [0.3, 0.4) is 0 Å². The number of carboxylic acid groups (broad SMARTS) is 2. The lowest BCUT2D eigenvalue weighted by molar-refractivity contribution is -0.145. The van der Waals surface area contributed by atoms with Crippen molar-refractivity contribution >= 4 is 30.0 Å². The van der Waals surface area contributed by atoms with Crippen molar-refractivity contribution in [2.45, 2.75) is 32.5 Å². The number of carboxylic acids is 2. The summed E-state index contributed by atoms with van der Waals surface area (Å²) in [5.41, 5.74) is -0.0171. The molecule has 0 amide bonds. The van der Waals surface area contributed by atoms with Crippen LogP contribution in [0.1, 0.15) is 18.7 Å². The van der Waals surface area contributed by atoms with Gasteiger partial charge in [0, 0.05) is 18.6 Å². The molecule has 0 spiro atoms. The van der Waals surface area contributed by atoms with Gasteiger partial charge in [-0.1, -0.05) is 0 Å². The van der Waals surface area contributed by atoms with E-state index in [-0.39, 0.29) is 22.9 Å². The van der Waals surface area contributed by atoms with Crippen LogP contribution in [-0.2, 0) is 48.2 Å². The van der Waals surface area contributed by atoms with Crippen molar-refractivity contribution in [3.63, 3.8) is 0 Å². The third kappa shape index (κ3) is 7.71. The molecule has 0 saturated heterocycles. The van der Waals surface area contributed by atoms with Gasteiger partial charge in [-0.2, -0.15) is 13.2 Å². The second-order valence-corrected chi connectivity index (χ2v) is 8.16. The quantitative estimate of drug-likeness (QED) is 0.218. The number of hydrogen-bond acceptors (Lipinski definition) is 13. The Bertz CT molecular complexity index is 1650. The van der Waals surface area contributed by atoms with E-state index in [9.17, 15) is 32.3 Å². The molecule has 0 bridgehead atoms. The molecule has 0 saturated carbocycles. The molecule has 0 aromatic carbocycles. The maximum Gasteiger partial charge on any atom is 0.510 e. The maximum absolute atomic E-state index is 13.6. The van der Waals surface area contributed by atoms with E-state index in [1.165, 1.54) is 40.0 Å². The molecule has 0 fully saturated rings. The van der Waals surface area contributed by atoms with Gasteiger partial charge in [0.05, 0.1) is 19.2 Å². The maximum atomic E-state index is 13.6. The van der Waals surface area contributed by atoms with Crippen molar-refractivity contribution < 1.29 is 61.5 Å². The minimum atomic E-state index is -5.00. The highest BCUT2D eigenvalue weighted by atomic mass is 19.4. The number of halogens is 3. The van der Waals surface area contributed by atoms with E-state index in [1.807, 2.05) is 0 Å². The van der Waals surface area contributed by atoms with Crippen LogP contribution in [0.5, 0.6) is 0 Å². The first-order chi connectivity index (χ1) is 20.4. The Morgan fingerprint density at radius 2 is 1.53 bits per heavy atom. The van der Waals surface area contributed by atoms with Gasteiger partial charge < -0.3 is 33.7 Å². The molecule has 0 aliphatic carbocycles. The molecule has 0 unspecified atom stereocenters. The number of nitrogens with zero attached hydrogens (tertiary/aromatic N) is 8. The van der Waals surface area contributed by atoms with Crippen molar-refractivity contribution in [1.29, 1.82) is 0 Å². The number of hydrogen-bond donors (Lipinski definition) is 2. The Kier molecular flexibility index (Phi) is 9.01. The topological polar surface area (TPSA) is 224 Å². The molecule has 4 heterocycles. The van der Waals surface area contributed by atoms with Crippen LogP contribution in [0.15, 0.2) is 31.0 Å². The van der Waals surface area contributed by atoms with Crippen LogP contribution in [0.2, 0.25) is 0 Å². The molecular weight excluding hydrogens is 593 g/mol. The van der Waals surface area contributed by atoms with Gasteiger partial charge in [-0.15, -0.1) is 5.10 Å². The van der Waals surface area contributed by atoms with Crippen molar-refractivity contribution in [2.75, 3.05) is 13.2 Å². The van der Waals surface area contributed by atoms with E-state index in [0.717, 1.165) is 0 Å². The Morgan fingerprint density at radius 3 is 2.16 bits per heavy atom. The molecule has 228 valence electrons.